The zero-order valence-electron chi connectivity index (χ0n) is 29.2. The molecule has 55 heavy (non-hydrogen) atoms. The van der Waals surface area contributed by atoms with E-state index in [1.165, 1.54) is 40.9 Å². The minimum atomic E-state index is -2.08. The summed E-state index contributed by atoms with van der Waals surface area (Å²) in [4.78, 5) is 94.8. The molecular formula is C36H36N7O10S2+. The number of phenolic OH excluding ortho intramolecular Hbond substituents is 2. The van der Waals surface area contributed by atoms with Crippen molar-refractivity contribution in [2.45, 2.75) is 35.4 Å². The number of amides is 7. The molecule has 286 valence electrons. The third kappa shape index (κ3) is 7.65. The van der Waals surface area contributed by atoms with Crippen molar-refractivity contribution in [1.29, 1.82) is 0 Å². The average molecular weight is 791 g/mol. The zero-order chi connectivity index (χ0) is 39.4. The molecule has 3 aromatic rings. The number of likely N-dealkylation sites (N-methyl/N-ethyl adjacent to an activating group) is 1. The summed E-state index contributed by atoms with van der Waals surface area (Å²) in [5, 5.41) is 36.0. The highest BCUT2D eigenvalue weighted by atomic mass is 32.2. The van der Waals surface area contributed by atoms with Gasteiger partial charge in [-0.2, -0.15) is 0 Å². The summed E-state index contributed by atoms with van der Waals surface area (Å²) in [5.41, 5.74) is -0.903. The van der Waals surface area contributed by atoms with Crippen LogP contribution in [-0.4, -0.2) is 114 Å². The molecule has 6 N–H and O–H groups in total. The molecule has 0 saturated carbocycles. The van der Waals surface area contributed by atoms with Crippen LogP contribution in [0.25, 0.3) is 0 Å². The number of carbonyl (C=O) groups excluding carboxylic acids is 6. The second-order valence-corrected chi connectivity index (χ2v) is 14.7. The number of piperazine rings is 1. The Morgan fingerprint density at radius 3 is 2.40 bits per heavy atom. The predicted molar refractivity (Wildman–Crippen MR) is 196 cm³/mol. The molecular weight excluding hydrogens is 755 g/mol. The molecule has 0 bridgehead atoms. The number of urea groups is 1. The first-order valence-electron chi connectivity index (χ1n) is 16.9. The fraction of sp³-hybridized carbons (Fsp3) is 0.278. The number of nitrogens with one attached hydrogen (secondary N) is 3. The molecule has 3 atom stereocenters. The lowest BCUT2D eigenvalue weighted by Gasteiger charge is -2.56. The molecule has 6 rings (SSSR count). The SMILES string of the molecule is CCN1CCN(C(=O)NC(C(=O)N[C@]2(NC=O)C(=O)N3C(C(=O)O)=C(CSc4cc[n+](Cc5ccc(O)c(O)c5)cc4)CS[C@@H]32)c2ccccc2)C(=O)C1=O. The molecule has 0 spiro atoms. The molecule has 4 heterocycles. The van der Waals surface area contributed by atoms with Crippen LogP contribution in [0.15, 0.2) is 89.2 Å². The van der Waals surface area contributed by atoms with Crippen molar-refractivity contribution in [1.82, 2.24) is 30.7 Å². The number of benzene rings is 2. The van der Waals surface area contributed by atoms with E-state index in [9.17, 15) is 48.9 Å². The van der Waals surface area contributed by atoms with Crippen LogP contribution in [0.4, 0.5) is 4.79 Å². The Kier molecular flexibility index (Phi) is 11.3. The van der Waals surface area contributed by atoms with Crippen molar-refractivity contribution in [3.8, 4) is 11.5 Å². The molecule has 7 amide bonds. The average Bonchev–Trinajstić information content (AvgIpc) is 3.18. The van der Waals surface area contributed by atoms with E-state index in [1.54, 1.807) is 43.6 Å². The van der Waals surface area contributed by atoms with Crippen LogP contribution in [0.3, 0.4) is 0 Å². The number of pyridine rings is 1. The molecule has 0 aliphatic carbocycles. The van der Waals surface area contributed by atoms with Crippen LogP contribution in [0.2, 0.25) is 0 Å². The van der Waals surface area contributed by atoms with Gasteiger partial charge in [-0.05, 0) is 36.3 Å². The van der Waals surface area contributed by atoms with Gasteiger partial charge < -0.3 is 36.2 Å². The molecule has 1 unspecified atom stereocenters. The maximum absolute atomic E-state index is 14.0. The Morgan fingerprint density at radius 1 is 1.02 bits per heavy atom. The number of imide groups is 1. The first kappa shape index (κ1) is 38.6. The Morgan fingerprint density at radius 2 is 1.75 bits per heavy atom. The van der Waals surface area contributed by atoms with E-state index in [0.29, 0.717) is 17.0 Å². The van der Waals surface area contributed by atoms with Gasteiger partial charge >= 0.3 is 23.8 Å². The van der Waals surface area contributed by atoms with Gasteiger partial charge in [0, 0.05) is 53.7 Å². The molecule has 19 heteroatoms. The number of rotatable bonds is 13. The number of nitrogens with zero attached hydrogens (tertiary/aromatic N) is 4. The van der Waals surface area contributed by atoms with Crippen molar-refractivity contribution >= 4 is 65.6 Å². The third-order valence-corrected chi connectivity index (χ3v) is 11.7. The van der Waals surface area contributed by atoms with Crippen molar-refractivity contribution in [3.63, 3.8) is 0 Å². The van der Waals surface area contributed by atoms with Crippen LogP contribution in [-0.2, 0) is 35.3 Å². The highest BCUT2D eigenvalue weighted by molar-refractivity contribution is 8.01. The number of fused-ring (bicyclic) bond motifs is 1. The molecule has 2 saturated heterocycles. The second-order valence-electron chi connectivity index (χ2n) is 12.6. The topological polar surface area (TPSA) is 230 Å². The highest BCUT2D eigenvalue weighted by Gasteiger charge is 2.66. The second kappa shape index (κ2) is 16.1. The number of phenols is 2. The van der Waals surface area contributed by atoms with E-state index in [-0.39, 0.29) is 60.3 Å². The van der Waals surface area contributed by atoms with Gasteiger partial charge in [-0.3, -0.25) is 33.8 Å². The van der Waals surface area contributed by atoms with Crippen molar-refractivity contribution in [2.24, 2.45) is 0 Å². The summed E-state index contributed by atoms with van der Waals surface area (Å²) in [6.45, 7) is 2.38. The Bertz CT molecular complexity index is 2080. The van der Waals surface area contributed by atoms with Gasteiger partial charge in [0.05, 0.1) is 0 Å². The lowest BCUT2D eigenvalue weighted by atomic mass is 9.94. The monoisotopic (exact) mass is 790 g/mol. The Balaban J connectivity index is 1.17. The van der Waals surface area contributed by atoms with Gasteiger partial charge in [0.25, 0.3) is 5.91 Å². The minimum Gasteiger partial charge on any atom is -0.504 e. The number of aromatic nitrogens is 1. The fourth-order valence-corrected chi connectivity index (χ4v) is 8.83. The first-order chi connectivity index (χ1) is 26.4. The number of aliphatic carboxylic acids is 1. The normalized spacial score (nSPS) is 20.0. The predicted octanol–water partition coefficient (Wildman–Crippen LogP) is 0.480. The van der Waals surface area contributed by atoms with Crippen molar-refractivity contribution in [2.75, 3.05) is 31.1 Å². The smallest absolute Gasteiger partial charge is 0.352 e. The van der Waals surface area contributed by atoms with Gasteiger partial charge in [0.15, 0.2) is 30.4 Å². The van der Waals surface area contributed by atoms with Crippen molar-refractivity contribution < 1.29 is 53.4 Å². The highest BCUT2D eigenvalue weighted by Crippen LogP contribution is 2.46. The standard InChI is InChI=1S/C36H35N7O10S2/c1-2-41-14-15-42(31(49)30(41)48)35(53)38-27(22-6-4-3-5-7-22)29(47)39-36(37-20-44)33(52)43-28(32(50)51)23(19-55-34(36)43)18-54-24-10-12-40(13-11-24)17-21-8-9-25(45)26(46)16-21/h3-13,16,20,27,34H,2,14-15,17-19H2,1H3,(H5-,37,38,39,44,45,46,47,48,49,50,51,53)/p+1/t27?,34-,36-/m1/s1. The number of β-lactam (4-membered cyclic amide) rings is 1. The maximum atomic E-state index is 14.0. The van der Waals surface area contributed by atoms with Crippen LogP contribution in [0, 0.1) is 0 Å². The van der Waals surface area contributed by atoms with E-state index < -0.39 is 52.7 Å². The summed E-state index contributed by atoms with van der Waals surface area (Å²) in [7, 11) is 0. The van der Waals surface area contributed by atoms with Gasteiger partial charge in [0.2, 0.25) is 18.0 Å². The number of carboxylic acid groups (broad SMARTS) is 1. The summed E-state index contributed by atoms with van der Waals surface area (Å²) in [6.07, 6.45) is 3.83. The zero-order valence-corrected chi connectivity index (χ0v) is 30.8. The van der Waals surface area contributed by atoms with E-state index in [0.717, 1.165) is 27.1 Å². The molecule has 2 aromatic carbocycles. The largest absolute Gasteiger partial charge is 0.504 e. The molecule has 1 aromatic heterocycles. The summed E-state index contributed by atoms with van der Waals surface area (Å²) in [6, 6.07) is 13.6. The molecule has 2 fully saturated rings. The Hall–Kier alpha value is -6.08. The van der Waals surface area contributed by atoms with E-state index >= 15 is 0 Å². The summed E-state index contributed by atoms with van der Waals surface area (Å²) >= 11 is 2.48. The lowest BCUT2D eigenvalue weighted by Crippen LogP contribution is -2.85. The summed E-state index contributed by atoms with van der Waals surface area (Å²) < 4.78 is 1.85. The maximum Gasteiger partial charge on any atom is 0.352 e. The van der Waals surface area contributed by atoms with Gasteiger partial charge in [-0.15, -0.1) is 23.5 Å². The van der Waals surface area contributed by atoms with Crippen LogP contribution in [0.1, 0.15) is 24.1 Å². The first-order valence-corrected chi connectivity index (χ1v) is 18.9. The lowest BCUT2D eigenvalue weighted by molar-refractivity contribution is -0.688. The summed E-state index contributed by atoms with van der Waals surface area (Å²) in [5.74, 6) is -5.26. The number of carboxylic acids is 1. The molecule has 3 aliphatic heterocycles. The van der Waals surface area contributed by atoms with Gasteiger partial charge in [0.1, 0.15) is 17.1 Å². The van der Waals surface area contributed by atoms with Gasteiger partial charge in [-0.1, -0.05) is 30.3 Å². The van der Waals surface area contributed by atoms with Crippen LogP contribution in [0.5, 0.6) is 11.5 Å². The quantitative estimate of drug-likeness (QED) is 0.0264. The van der Waals surface area contributed by atoms with E-state index in [4.69, 9.17) is 0 Å². The molecule has 17 nitrogen and oxygen atoms in total. The van der Waals surface area contributed by atoms with Crippen LogP contribution < -0.4 is 20.5 Å². The third-order valence-electron chi connectivity index (χ3n) is 9.24. The number of aromatic hydroxyl groups is 2. The number of hydrogen-bond donors (Lipinski definition) is 6. The number of thioether (sulfide) groups is 2. The van der Waals surface area contributed by atoms with Gasteiger partial charge in [-0.25, -0.2) is 14.2 Å². The number of carbonyl (C=O) groups is 7. The van der Waals surface area contributed by atoms with Crippen LogP contribution >= 0.6 is 23.5 Å². The van der Waals surface area contributed by atoms with Crippen molar-refractivity contribution in [3.05, 3.63) is 95.5 Å². The van der Waals surface area contributed by atoms with E-state index in [2.05, 4.69) is 16.0 Å². The molecule has 0 radical (unpaired) electrons. The Labute approximate surface area is 322 Å². The number of hydrogen-bond acceptors (Lipinski definition) is 11. The minimum absolute atomic E-state index is 0.104. The molecule has 3 aliphatic rings. The van der Waals surface area contributed by atoms with E-state index in [1.807, 2.05) is 16.7 Å². The fourth-order valence-electron chi connectivity index (χ4n) is 6.39.